The highest BCUT2D eigenvalue weighted by Gasteiger charge is 2.42. The van der Waals surface area contributed by atoms with E-state index in [1.165, 1.54) is 17.0 Å². The van der Waals surface area contributed by atoms with E-state index in [1.807, 2.05) is 22.6 Å². The predicted octanol–water partition coefficient (Wildman–Crippen LogP) is 1.77. The number of rotatable bonds is 1. The molecule has 0 bridgehead atoms. The van der Waals surface area contributed by atoms with Crippen molar-refractivity contribution in [3.05, 3.63) is 27.6 Å². The third-order valence-corrected chi connectivity index (χ3v) is 4.48. The first kappa shape index (κ1) is 12.8. The molecular formula is C13H12FIN2O2. The first-order chi connectivity index (χ1) is 9.08. The Kier molecular flexibility index (Phi) is 3.20. The molecule has 2 saturated heterocycles. The summed E-state index contributed by atoms with van der Waals surface area (Å²) in [6.45, 7) is 0.723. The van der Waals surface area contributed by atoms with Crippen LogP contribution in [0.5, 0.6) is 0 Å². The van der Waals surface area contributed by atoms with E-state index in [2.05, 4.69) is 0 Å². The molecule has 0 N–H and O–H groups in total. The fourth-order valence-corrected chi connectivity index (χ4v) is 3.48. The molecule has 2 aliphatic rings. The summed E-state index contributed by atoms with van der Waals surface area (Å²) in [7, 11) is 0. The number of amides is 2. The van der Waals surface area contributed by atoms with Gasteiger partial charge >= 0.3 is 0 Å². The standard InChI is InChI=1S/C13H12FIN2O2/c14-8-3-4-10(9(15)6-8)17-7-12(18)16-5-1-2-11(16)13(17)19/h3-4,6,11H,1-2,5,7H2. The Morgan fingerprint density at radius 1 is 1.32 bits per heavy atom. The summed E-state index contributed by atoms with van der Waals surface area (Å²) in [5.74, 6) is -0.421. The number of hydrogen-bond acceptors (Lipinski definition) is 2. The van der Waals surface area contributed by atoms with Gasteiger partial charge in [-0.2, -0.15) is 0 Å². The molecule has 0 saturated carbocycles. The van der Waals surface area contributed by atoms with E-state index in [9.17, 15) is 14.0 Å². The van der Waals surface area contributed by atoms with E-state index in [-0.39, 0.29) is 30.2 Å². The second-order valence-corrected chi connectivity index (χ2v) is 5.93. The second kappa shape index (κ2) is 4.73. The number of halogens is 2. The summed E-state index contributed by atoms with van der Waals surface area (Å²) in [5.41, 5.74) is 0.618. The highest BCUT2D eigenvalue weighted by Crippen LogP contribution is 2.30. The second-order valence-electron chi connectivity index (χ2n) is 4.77. The van der Waals surface area contributed by atoms with Crippen molar-refractivity contribution in [1.82, 2.24) is 4.90 Å². The molecule has 2 fully saturated rings. The highest BCUT2D eigenvalue weighted by molar-refractivity contribution is 14.1. The number of anilines is 1. The van der Waals surface area contributed by atoms with Crippen LogP contribution in [0.2, 0.25) is 0 Å². The van der Waals surface area contributed by atoms with E-state index < -0.39 is 0 Å². The van der Waals surface area contributed by atoms with Crippen LogP contribution in [0.4, 0.5) is 10.1 Å². The van der Waals surface area contributed by atoms with Crippen LogP contribution in [0.3, 0.4) is 0 Å². The zero-order valence-corrected chi connectivity index (χ0v) is 12.3. The van der Waals surface area contributed by atoms with Crippen molar-refractivity contribution in [2.75, 3.05) is 18.0 Å². The van der Waals surface area contributed by atoms with E-state index in [0.29, 0.717) is 15.8 Å². The van der Waals surface area contributed by atoms with Crippen LogP contribution in [-0.4, -0.2) is 35.8 Å². The molecule has 100 valence electrons. The highest BCUT2D eigenvalue weighted by atomic mass is 127. The molecule has 0 aromatic heterocycles. The summed E-state index contributed by atoms with van der Waals surface area (Å²) in [4.78, 5) is 27.6. The largest absolute Gasteiger partial charge is 0.329 e. The molecule has 1 unspecified atom stereocenters. The van der Waals surface area contributed by atoms with Crippen molar-refractivity contribution in [3.8, 4) is 0 Å². The lowest BCUT2D eigenvalue weighted by Crippen LogP contribution is -2.57. The monoisotopic (exact) mass is 374 g/mol. The van der Waals surface area contributed by atoms with E-state index in [0.717, 1.165) is 12.8 Å². The van der Waals surface area contributed by atoms with Gasteiger partial charge in [-0.05, 0) is 53.6 Å². The van der Waals surface area contributed by atoms with Gasteiger partial charge in [0.2, 0.25) is 11.8 Å². The Labute approximate surface area is 123 Å². The van der Waals surface area contributed by atoms with Crippen molar-refractivity contribution in [2.45, 2.75) is 18.9 Å². The maximum Gasteiger partial charge on any atom is 0.250 e. The zero-order valence-electron chi connectivity index (χ0n) is 10.1. The number of fused-ring (bicyclic) bond motifs is 1. The van der Waals surface area contributed by atoms with Gasteiger partial charge < -0.3 is 9.80 Å². The van der Waals surface area contributed by atoms with Crippen LogP contribution in [0, 0.1) is 9.39 Å². The number of piperazine rings is 1. The smallest absolute Gasteiger partial charge is 0.250 e. The van der Waals surface area contributed by atoms with E-state index >= 15 is 0 Å². The predicted molar refractivity (Wildman–Crippen MR) is 76.2 cm³/mol. The van der Waals surface area contributed by atoms with Gasteiger partial charge in [0, 0.05) is 10.1 Å². The molecule has 6 heteroatoms. The Hall–Kier alpha value is -1.18. The third-order valence-electron chi connectivity index (χ3n) is 3.62. The molecule has 3 rings (SSSR count). The van der Waals surface area contributed by atoms with Crippen LogP contribution in [-0.2, 0) is 9.59 Å². The van der Waals surface area contributed by atoms with Crippen LogP contribution < -0.4 is 4.90 Å². The molecular weight excluding hydrogens is 362 g/mol. The average molecular weight is 374 g/mol. The molecule has 2 heterocycles. The minimum atomic E-state index is -0.341. The molecule has 4 nitrogen and oxygen atoms in total. The number of nitrogens with zero attached hydrogens (tertiary/aromatic N) is 2. The lowest BCUT2D eigenvalue weighted by atomic mass is 10.1. The van der Waals surface area contributed by atoms with Crippen molar-refractivity contribution in [1.29, 1.82) is 0 Å². The van der Waals surface area contributed by atoms with Crippen molar-refractivity contribution in [2.24, 2.45) is 0 Å². The van der Waals surface area contributed by atoms with Gasteiger partial charge in [-0.1, -0.05) is 0 Å². The van der Waals surface area contributed by atoms with Crippen molar-refractivity contribution >= 4 is 40.1 Å². The van der Waals surface area contributed by atoms with E-state index in [1.54, 1.807) is 11.0 Å². The molecule has 1 aromatic rings. The lowest BCUT2D eigenvalue weighted by Gasteiger charge is -2.36. The maximum absolute atomic E-state index is 13.1. The molecule has 1 atom stereocenters. The van der Waals surface area contributed by atoms with E-state index in [4.69, 9.17) is 0 Å². The normalized spacial score (nSPS) is 22.9. The fraction of sp³-hybridized carbons (Fsp3) is 0.385. The molecule has 19 heavy (non-hydrogen) atoms. The van der Waals surface area contributed by atoms with Crippen molar-refractivity contribution < 1.29 is 14.0 Å². The fourth-order valence-electron chi connectivity index (χ4n) is 2.71. The average Bonchev–Trinajstić information content (AvgIpc) is 2.84. The molecule has 0 radical (unpaired) electrons. The topological polar surface area (TPSA) is 40.6 Å². The molecule has 2 aliphatic heterocycles. The van der Waals surface area contributed by atoms with Crippen LogP contribution >= 0.6 is 22.6 Å². The SMILES string of the molecule is O=C1C2CCCN2C(=O)CN1c1ccc(F)cc1I. The van der Waals surface area contributed by atoms with Gasteiger partial charge in [-0.25, -0.2) is 4.39 Å². The number of carbonyl (C=O) groups is 2. The summed E-state index contributed by atoms with van der Waals surface area (Å²) in [6, 6.07) is 3.92. The Bertz CT molecular complexity index is 564. The number of carbonyl (C=O) groups excluding carboxylic acids is 2. The first-order valence-corrected chi connectivity index (χ1v) is 7.21. The summed E-state index contributed by atoms with van der Waals surface area (Å²) >= 11 is 1.99. The van der Waals surface area contributed by atoms with Gasteiger partial charge in [-0.15, -0.1) is 0 Å². The number of benzene rings is 1. The summed E-state index contributed by atoms with van der Waals surface area (Å²) in [6.07, 6.45) is 1.59. The van der Waals surface area contributed by atoms with Crippen LogP contribution in [0.15, 0.2) is 18.2 Å². The molecule has 0 spiro atoms. The van der Waals surface area contributed by atoms with Gasteiger partial charge in [0.25, 0.3) is 0 Å². The van der Waals surface area contributed by atoms with Crippen LogP contribution in [0.1, 0.15) is 12.8 Å². The maximum atomic E-state index is 13.1. The Balaban J connectivity index is 1.96. The van der Waals surface area contributed by atoms with Gasteiger partial charge in [-0.3, -0.25) is 9.59 Å². The first-order valence-electron chi connectivity index (χ1n) is 6.14. The molecule has 1 aromatic carbocycles. The Morgan fingerprint density at radius 2 is 2.11 bits per heavy atom. The Morgan fingerprint density at radius 3 is 2.84 bits per heavy atom. The van der Waals surface area contributed by atoms with Gasteiger partial charge in [0.05, 0.1) is 5.69 Å². The number of hydrogen-bond donors (Lipinski definition) is 0. The molecule has 0 aliphatic carbocycles. The summed E-state index contributed by atoms with van der Waals surface area (Å²) in [5, 5.41) is 0. The van der Waals surface area contributed by atoms with Gasteiger partial charge in [0.15, 0.2) is 0 Å². The summed E-state index contributed by atoms with van der Waals surface area (Å²) < 4.78 is 13.8. The molecule has 2 amide bonds. The minimum Gasteiger partial charge on any atom is -0.329 e. The quantitative estimate of drug-likeness (QED) is 0.704. The van der Waals surface area contributed by atoms with Crippen LogP contribution in [0.25, 0.3) is 0 Å². The zero-order chi connectivity index (χ0) is 13.6. The lowest BCUT2D eigenvalue weighted by molar-refractivity contribution is -0.140. The third kappa shape index (κ3) is 2.11. The minimum absolute atomic E-state index is 0.0257. The van der Waals surface area contributed by atoms with Crippen molar-refractivity contribution in [3.63, 3.8) is 0 Å². The van der Waals surface area contributed by atoms with Gasteiger partial charge in [0.1, 0.15) is 18.4 Å².